The Hall–Kier alpha value is -1.61. The van der Waals surface area contributed by atoms with E-state index in [1.54, 1.807) is 11.3 Å². The van der Waals surface area contributed by atoms with E-state index < -0.39 is 0 Å². The lowest BCUT2D eigenvalue weighted by molar-refractivity contribution is 0.1000. The Morgan fingerprint density at radius 2 is 1.85 bits per heavy atom. The highest BCUT2D eigenvalue weighted by atomic mass is 32.1. The predicted octanol–water partition coefficient (Wildman–Crippen LogP) is 4.25. The molecule has 0 radical (unpaired) electrons. The molecule has 0 atom stereocenters. The molecule has 1 aromatic heterocycles. The molecule has 1 heterocycles. The lowest BCUT2D eigenvalue weighted by Crippen LogP contribution is -2.25. The summed E-state index contributed by atoms with van der Waals surface area (Å²) in [6, 6.07) is 10.4. The van der Waals surface area contributed by atoms with E-state index in [1.807, 2.05) is 31.9 Å². The predicted molar refractivity (Wildman–Crippen MR) is 87.2 cm³/mol. The third kappa shape index (κ3) is 3.28. The van der Waals surface area contributed by atoms with Crippen molar-refractivity contribution in [2.24, 2.45) is 0 Å². The largest absolute Gasteiger partial charge is 0.367 e. The van der Waals surface area contributed by atoms with Gasteiger partial charge in [-0.15, -0.1) is 11.3 Å². The van der Waals surface area contributed by atoms with Crippen molar-refractivity contribution in [2.45, 2.75) is 27.2 Å². The first-order chi connectivity index (χ1) is 9.51. The van der Waals surface area contributed by atoms with Crippen molar-refractivity contribution in [3.8, 4) is 0 Å². The number of Topliss-reactive ketones (excluding diaryl/α,β-unsaturated/α-hetero) is 1. The first-order valence-corrected chi connectivity index (χ1v) is 7.73. The van der Waals surface area contributed by atoms with Crippen LogP contribution in [0.3, 0.4) is 0 Å². The topological polar surface area (TPSA) is 20.3 Å². The van der Waals surface area contributed by atoms with Crippen molar-refractivity contribution in [2.75, 3.05) is 18.5 Å². The van der Waals surface area contributed by atoms with Gasteiger partial charge in [0, 0.05) is 28.1 Å². The van der Waals surface area contributed by atoms with Crippen molar-refractivity contribution in [1.82, 2.24) is 0 Å². The normalized spacial score (nSPS) is 10.6. The van der Waals surface area contributed by atoms with Crippen molar-refractivity contribution in [3.05, 3.63) is 51.2 Å². The van der Waals surface area contributed by atoms with E-state index >= 15 is 0 Å². The van der Waals surface area contributed by atoms with Crippen LogP contribution in [0.5, 0.6) is 0 Å². The zero-order chi connectivity index (χ0) is 14.7. The first kappa shape index (κ1) is 14.8. The molecule has 0 spiro atoms. The monoisotopic (exact) mass is 287 g/mol. The van der Waals surface area contributed by atoms with Crippen LogP contribution in [0.2, 0.25) is 0 Å². The molecule has 0 fully saturated rings. The van der Waals surface area contributed by atoms with Crippen LogP contribution in [0.4, 0.5) is 5.69 Å². The fraction of sp³-hybridized carbons (Fsp3) is 0.353. The lowest BCUT2D eigenvalue weighted by Gasteiger charge is -2.18. The number of thiophene rings is 1. The van der Waals surface area contributed by atoms with E-state index in [4.69, 9.17) is 0 Å². The number of carbonyl (C=O) groups is 1. The third-order valence-electron chi connectivity index (χ3n) is 3.51. The summed E-state index contributed by atoms with van der Waals surface area (Å²) in [5.41, 5.74) is 3.27. The minimum absolute atomic E-state index is 0.189. The lowest BCUT2D eigenvalue weighted by atomic mass is 10.1. The number of carbonyl (C=O) groups excluding carboxylic acids is 1. The molecule has 0 amide bonds. The van der Waals surface area contributed by atoms with E-state index in [0.717, 1.165) is 22.5 Å². The molecule has 0 N–H and O–H groups in total. The highest BCUT2D eigenvalue weighted by Gasteiger charge is 2.14. The van der Waals surface area contributed by atoms with Gasteiger partial charge in [-0.2, -0.15) is 0 Å². The van der Waals surface area contributed by atoms with Crippen LogP contribution < -0.4 is 4.90 Å². The van der Waals surface area contributed by atoms with Gasteiger partial charge in [-0.1, -0.05) is 19.1 Å². The van der Waals surface area contributed by atoms with Gasteiger partial charge in [0.25, 0.3) is 0 Å². The fourth-order valence-electron chi connectivity index (χ4n) is 2.29. The summed E-state index contributed by atoms with van der Waals surface area (Å²) >= 11 is 1.69. The third-order valence-corrected chi connectivity index (χ3v) is 4.47. The number of likely N-dealkylation sites (N-methyl/N-ethyl adjacent to an activating group) is 1. The first-order valence-electron chi connectivity index (χ1n) is 6.91. The molecule has 0 aliphatic heterocycles. The number of ketones is 1. The number of hydrogen-bond donors (Lipinski definition) is 0. The van der Waals surface area contributed by atoms with Gasteiger partial charge in [-0.3, -0.25) is 4.79 Å². The van der Waals surface area contributed by atoms with Gasteiger partial charge < -0.3 is 4.90 Å². The molecule has 2 nitrogen and oxygen atoms in total. The smallest absolute Gasteiger partial charge is 0.183 e. The second-order valence-corrected chi connectivity index (χ2v) is 6.59. The molecule has 0 bridgehead atoms. The molecule has 0 aliphatic carbocycles. The quantitative estimate of drug-likeness (QED) is 0.766. The van der Waals surface area contributed by atoms with Crippen LogP contribution in [-0.4, -0.2) is 19.4 Å². The highest BCUT2D eigenvalue weighted by molar-refractivity contribution is 7.12. The minimum Gasteiger partial charge on any atom is -0.367 e. The van der Waals surface area contributed by atoms with E-state index in [9.17, 15) is 4.79 Å². The van der Waals surface area contributed by atoms with Crippen molar-refractivity contribution < 1.29 is 4.79 Å². The summed E-state index contributed by atoms with van der Waals surface area (Å²) in [6.45, 7) is 6.62. The molecular formula is C17H21NOS. The average Bonchev–Trinajstić information content (AvgIpc) is 2.78. The Kier molecular flexibility index (Phi) is 4.61. The Labute approximate surface area is 125 Å². The second kappa shape index (κ2) is 6.23. The van der Waals surface area contributed by atoms with Crippen LogP contribution in [-0.2, 0) is 6.42 Å². The fourth-order valence-corrected chi connectivity index (χ4v) is 3.23. The second-order valence-electron chi connectivity index (χ2n) is 5.13. The summed E-state index contributed by atoms with van der Waals surface area (Å²) in [6.07, 6.45) is 1.04. The van der Waals surface area contributed by atoms with E-state index in [0.29, 0.717) is 6.54 Å². The van der Waals surface area contributed by atoms with Gasteiger partial charge in [0.2, 0.25) is 0 Å². The van der Waals surface area contributed by atoms with Gasteiger partial charge >= 0.3 is 0 Å². The molecule has 106 valence electrons. The highest BCUT2D eigenvalue weighted by Crippen LogP contribution is 2.22. The van der Waals surface area contributed by atoms with E-state index in [-0.39, 0.29) is 5.78 Å². The van der Waals surface area contributed by atoms with Crippen molar-refractivity contribution >= 4 is 22.8 Å². The zero-order valence-electron chi connectivity index (χ0n) is 12.6. The number of aryl methyl sites for hydroxylation is 3. The molecule has 2 rings (SSSR count). The number of nitrogens with zero attached hydrogens (tertiary/aromatic N) is 1. The Morgan fingerprint density at radius 1 is 1.20 bits per heavy atom. The minimum atomic E-state index is 0.189. The molecule has 1 aromatic carbocycles. The molecule has 0 aliphatic rings. The summed E-state index contributed by atoms with van der Waals surface area (Å²) in [7, 11) is 1.97. The van der Waals surface area contributed by atoms with E-state index in [2.05, 4.69) is 31.2 Å². The number of anilines is 1. The molecule has 20 heavy (non-hydrogen) atoms. The Morgan fingerprint density at radius 3 is 2.35 bits per heavy atom. The zero-order valence-corrected chi connectivity index (χ0v) is 13.4. The average molecular weight is 287 g/mol. The number of hydrogen-bond acceptors (Lipinski definition) is 3. The van der Waals surface area contributed by atoms with Crippen molar-refractivity contribution in [1.29, 1.82) is 0 Å². The summed E-state index contributed by atoms with van der Waals surface area (Å²) < 4.78 is 0. The maximum absolute atomic E-state index is 12.4. The number of rotatable bonds is 5. The summed E-state index contributed by atoms with van der Waals surface area (Å²) in [5.74, 6) is 0.189. The van der Waals surface area contributed by atoms with Crippen LogP contribution >= 0.6 is 11.3 Å². The molecule has 0 saturated heterocycles. The van der Waals surface area contributed by atoms with Gasteiger partial charge in [0.1, 0.15) is 0 Å². The van der Waals surface area contributed by atoms with Gasteiger partial charge in [0.15, 0.2) is 5.78 Å². The van der Waals surface area contributed by atoms with Crippen LogP contribution in [0.1, 0.15) is 32.6 Å². The number of benzene rings is 1. The van der Waals surface area contributed by atoms with Gasteiger partial charge in [0.05, 0.1) is 6.54 Å². The standard InChI is InChI=1S/C17H21NOS/c1-5-14-6-8-15(9-7-14)18(4)11-17(19)16-10-12(2)20-13(16)3/h6-10H,5,11H2,1-4H3. The Balaban J connectivity index is 2.08. The SMILES string of the molecule is CCc1ccc(N(C)CC(=O)c2cc(C)sc2C)cc1. The maximum Gasteiger partial charge on any atom is 0.183 e. The molecular weight excluding hydrogens is 266 g/mol. The molecule has 3 heteroatoms. The van der Waals surface area contributed by atoms with E-state index in [1.165, 1.54) is 10.4 Å². The Bertz CT molecular complexity index is 598. The summed E-state index contributed by atoms with van der Waals surface area (Å²) in [5, 5.41) is 0. The van der Waals surface area contributed by atoms with Crippen molar-refractivity contribution in [3.63, 3.8) is 0 Å². The van der Waals surface area contributed by atoms with Crippen LogP contribution in [0, 0.1) is 13.8 Å². The molecule has 2 aromatic rings. The van der Waals surface area contributed by atoms with Gasteiger partial charge in [-0.25, -0.2) is 0 Å². The molecule has 0 unspecified atom stereocenters. The molecule has 0 saturated carbocycles. The van der Waals surface area contributed by atoms with Gasteiger partial charge in [-0.05, 0) is 44.0 Å². The maximum atomic E-state index is 12.4. The van der Waals surface area contributed by atoms with Crippen LogP contribution in [0.25, 0.3) is 0 Å². The van der Waals surface area contributed by atoms with Crippen LogP contribution in [0.15, 0.2) is 30.3 Å². The summed E-state index contributed by atoms with van der Waals surface area (Å²) in [4.78, 5) is 16.7.